The Morgan fingerprint density at radius 1 is 1.35 bits per heavy atom. The Morgan fingerprint density at radius 2 is 2.05 bits per heavy atom. The lowest BCUT2D eigenvalue weighted by Crippen LogP contribution is -2.43. The standard InChI is InChI=1S/C14H15N3O3/c1-17-8-7-15-12(17)13(18)16-11(14(19)20)9-10-5-3-2-4-6-10/h2-8,11H,9H2,1H3,(H,16,18)(H,19,20)/t11-/m0/s1. The molecule has 6 nitrogen and oxygen atoms in total. The number of imidazole rings is 1. The maximum absolute atomic E-state index is 12.0. The lowest BCUT2D eigenvalue weighted by atomic mass is 10.1. The summed E-state index contributed by atoms with van der Waals surface area (Å²) in [7, 11) is 1.68. The first-order chi connectivity index (χ1) is 9.58. The van der Waals surface area contributed by atoms with E-state index in [2.05, 4.69) is 10.3 Å². The molecule has 0 bridgehead atoms. The normalized spacial score (nSPS) is 11.8. The van der Waals surface area contributed by atoms with Gasteiger partial charge in [0.05, 0.1) is 0 Å². The number of nitrogens with one attached hydrogen (secondary N) is 1. The van der Waals surface area contributed by atoms with E-state index in [0.29, 0.717) is 0 Å². The predicted molar refractivity (Wildman–Crippen MR) is 72.2 cm³/mol. The van der Waals surface area contributed by atoms with Crippen molar-refractivity contribution in [1.29, 1.82) is 0 Å². The molecular weight excluding hydrogens is 258 g/mol. The van der Waals surface area contributed by atoms with E-state index in [9.17, 15) is 14.7 Å². The lowest BCUT2D eigenvalue weighted by molar-refractivity contribution is -0.139. The Kier molecular flexibility index (Phi) is 4.14. The van der Waals surface area contributed by atoms with Crippen LogP contribution in [0.25, 0.3) is 0 Å². The molecule has 6 heteroatoms. The van der Waals surface area contributed by atoms with Crippen molar-refractivity contribution in [3.8, 4) is 0 Å². The molecule has 0 fully saturated rings. The molecule has 0 radical (unpaired) electrons. The molecule has 1 aromatic heterocycles. The lowest BCUT2D eigenvalue weighted by Gasteiger charge is -2.14. The van der Waals surface area contributed by atoms with E-state index in [-0.39, 0.29) is 12.2 Å². The van der Waals surface area contributed by atoms with Crippen molar-refractivity contribution in [1.82, 2.24) is 14.9 Å². The summed E-state index contributed by atoms with van der Waals surface area (Å²) >= 11 is 0. The number of aryl methyl sites for hydroxylation is 1. The Balaban J connectivity index is 2.09. The fourth-order valence-electron chi connectivity index (χ4n) is 1.86. The summed E-state index contributed by atoms with van der Waals surface area (Å²) in [5.74, 6) is -1.39. The number of nitrogens with zero attached hydrogens (tertiary/aromatic N) is 2. The maximum atomic E-state index is 12.0. The van der Waals surface area contributed by atoms with Crippen molar-refractivity contribution >= 4 is 11.9 Å². The van der Waals surface area contributed by atoms with Crippen LogP contribution in [0.5, 0.6) is 0 Å². The van der Waals surface area contributed by atoms with Gasteiger partial charge in [0.1, 0.15) is 6.04 Å². The molecule has 2 aromatic rings. The van der Waals surface area contributed by atoms with Gasteiger partial charge >= 0.3 is 5.97 Å². The van der Waals surface area contributed by atoms with Crippen molar-refractivity contribution in [2.75, 3.05) is 0 Å². The molecule has 1 aromatic carbocycles. The number of carboxylic acid groups (broad SMARTS) is 1. The van der Waals surface area contributed by atoms with E-state index in [1.54, 1.807) is 13.2 Å². The van der Waals surface area contributed by atoms with Crippen LogP contribution < -0.4 is 5.32 Å². The molecule has 1 amide bonds. The van der Waals surface area contributed by atoms with Crippen LogP contribution in [0.2, 0.25) is 0 Å². The van der Waals surface area contributed by atoms with Crippen LogP contribution in [0.3, 0.4) is 0 Å². The minimum atomic E-state index is -1.07. The predicted octanol–water partition coefficient (Wildman–Crippen LogP) is 0.846. The van der Waals surface area contributed by atoms with E-state index < -0.39 is 17.9 Å². The molecule has 2 N–H and O–H groups in total. The zero-order valence-electron chi connectivity index (χ0n) is 11.0. The number of hydrogen-bond acceptors (Lipinski definition) is 3. The maximum Gasteiger partial charge on any atom is 0.326 e. The first kappa shape index (κ1) is 13.8. The Hall–Kier alpha value is -2.63. The highest BCUT2D eigenvalue weighted by Gasteiger charge is 2.22. The second-order valence-electron chi connectivity index (χ2n) is 4.42. The second-order valence-corrected chi connectivity index (χ2v) is 4.42. The molecule has 0 spiro atoms. The van der Waals surface area contributed by atoms with Gasteiger partial charge in [0, 0.05) is 25.9 Å². The zero-order chi connectivity index (χ0) is 14.5. The van der Waals surface area contributed by atoms with Gasteiger partial charge in [-0.05, 0) is 5.56 Å². The van der Waals surface area contributed by atoms with Gasteiger partial charge in [0.15, 0.2) is 5.82 Å². The number of hydrogen-bond donors (Lipinski definition) is 2. The third-order valence-corrected chi connectivity index (χ3v) is 2.91. The van der Waals surface area contributed by atoms with Crippen LogP contribution >= 0.6 is 0 Å². The molecule has 0 aliphatic carbocycles. The number of carbonyl (C=O) groups is 2. The monoisotopic (exact) mass is 273 g/mol. The van der Waals surface area contributed by atoms with Crippen molar-refractivity contribution in [3.63, 3.8) is 0 Å². The number of aromatic nitrogens is 2. The number of carbonyl (C=O) groups excluding carboxylic acids is 1. The molecule has 104 valence electrons. The van der Waals surface area contributed by atoms with Gasteiger partial charge in [0.25, 0.3) is 5.91 Å². The fraction of sp³-hybridized carbons (Fsp3) is 0.214. The van der Waals surface area contributed by atoms with E-state index in [1.165, 1.54) is 10.8 Å². The summed E-state index contributed by atoms with van der Waals surface area (Å²) in [6.07, 6.45) is 3.34. The third-order valence-electron chi connectivity index (χ3n) is 2.91. The SMILES string of the molecule is Cn1ccnc1C(=O)N[C@@H](Cc1ccccc1)C(=O)O. The summed E-state index contributed by atoms with van der Waals surface area (Å²) in [5, 5.41) is 11.7. The van der Waals surface area contributed by atoms with Gasteiger partial charge in [0.2, 0.25) is 0 Å². The Labute approximate surface area is 116 Å². The smallest absolute Gasteiger partial charge is 0.326 e. The highest BCUT2D eigenvalue weighted by Crippen LogP contribution is 2.04. The van der Waals surface area contributed by atoms with Crippen LogP contribution in [0.15, 0.2) is 42.7 Å². The van der Waals surface area contributed by atoms with Crippen LogP contribution in [0, 0.1) is 0 Å². The molecule has 0 unspecified atom stereocenters. The van der Waals surface area contributed by atoms with E-state index in [0.717, 1.165) is 5.56 Å². The van der Waals surface area contributed by atoms with Gasteiger partial charge in [-0.2, -0.15) is 0 Å². The van der Waals surface area contributed by atoms with E-state index in [1.807, 2.05) is 30.3 Å². The van der Waals surface area contributed by atoms with Gasteiger partial charge in [-0.3, -0.25) is 4.79 Å². The van der Waals surface area contributed by atoms with Crippen molar-refractivity contribution in [3.05, 3.63) is 54.1 Å². The first-order valence-corrected chi connectivity index (χ1v) is 6.13. The summed E-state index contributed by atoms with van der Waals surface area (Å²) in [6, 6.07) is 8.17. The van der Waals surface area contributed by atoms with Crippen molar-refractivity contribution < 1.29 is 14.7 Å². The van der Waals surface area contributed by atoms with Crippen LogP contribution in [0.1, 0.15) is 16.2 Å². The topological polar surface area (TPSA) is 84.2 Å². The fourth-order valence-corrected chi connectivity index (χ4v) is 1.86. The summed E-state index contributed by atoms with van der Waals surface area (Å²) in [6.45, 7) is 0. The van der Waals surface area contributed by atoms with Gasteiger partial charge < -0.3 is 15.0 Å². The average molecular weight is 273 g/mol. The molecule has 0 saturated carbocycles. The van der Waals surface area contributed by atoms with Gasteiger partial charge in [-0.1, -0.05) is 30.3 Å². The van der Waals surface area contributed by atoms with E-state index >= 15 is 0 Å². The molecular formula is C14H15N3O3. The number of aliphatic carboxylic acids is 1. The number of carboxylic acids is 1. The van der Waals surface area contributed by atoms with Crippen LogP contribution in [0.4, 0.5) is 0 Å². The quantitative estimate of drug-likeness (QED) is 0.845. The number of rotatable bonds is 5. The summed E-state index contributed by atoms with van der Waals surface area (Å²) < 4.78 is 1.54. The summed E-state index contributed by atoms with van der Waals surface area (Å²) in [4.78, 5) is 27.1. The zero-order valence-corrected chi connectivity index (χ0v) is 11.0. The van der Waals surface area contributed by atoms with Crippen molar-refractivity contribution in [2.24, 2.45) is 7.05 Å². The Morgan fingerprint density at radius 3 is 2.60 bits per heavy atom. The van der Waals surface area contributed by atoms with E-state index in [4.69, 9.17) is 0 Å². The molecule has 0 aliphatic rings. The average Bonchev–Trinajstić information content (AvgIpc) is 2.85. The Bertz CT molecular complexity index is 607. The largest absolute Gasteiger partial charge is 0.480 e. The minimum Gasteiger partial charge on any atom is -0.480 e. The van der Waals surface area contributed by atoms with Gasteiger partial charge in [-0.25, -0.2) is 9.78 Å². The molecule has 0 saturated heterocycles. The molecule has 1 atom stereocenters. The molecule has 2 rings (SSSR count). The van der Waals surface area contributed by atoms with Crippen LogP contribution in [-0.2, 0) is 18.3 Å². The first-order valence-electron chi connectivity index (χ1n) is 6.13. The number of benzene rings is 1. The van der Waals surface area contributed by atoms with Crippen LogP contribution in [-0.4, -0.2) is 32.6 Å². The minimum absolute atomic E-state index is 0.185. The molecule has 1 heterocycles. The van der Waals surface area contributed by atoms with Crippen molar-refractivity contribution in [2.45, 2.75) is 12.5 Å². The molecule has 20 heavy (non-hydrogen) atoms. The second kappa shape index (κ2) is 6.01. The van der Waals surface area contributed by atoms with Gasteiger partial charge in [-0.15, -0.1) is 0 Å². The highest BCUT2D eigenvalue weighted by molar-refractivity contribution is 5.93. The number of amides is 1. The third kappa shape index (κ3) is 3.23. The highest BCUT2D eigenvalue weighted by atomic mass is 16.4. The molecule has 0 aliphatic heterocycles. The summed E-state index contributed by atoms with van der Waals surface area (Å²) in [5.41, 5.74) is 0.847.